The fourth-order valence-electron chi connectivity index (χ4n) is 2.56. The van der Waals surface area contributed by atoms with Gasteiger partial charge in [0.25, 0.3) is 0 Å². The number of hydrogen-bond donors (Lipinski definition) is 0. The molecule has 0 aliphatic carbocycles. The van der Waals surface area contributed by atoms with Crippen molar-refractivity contribution in [1.82, 2.24) is 0 Å². The molecule has 2 nitrogen and oxygen atoms in total. The van der Waals surface area contributed by atoms with E-state index in [9.17, 15) is 0 Å². The maximum atomic E-state index is 5.44. The van der Waals surface area contributed by atoms with Crippen molar-refractivity contribution in [1.29, 1.82) is 0 Å². The van der Waals surface area contributed by atoms with E-state index in [1.165, 1.54) is 22.3 Å². The van der Waals surface area contributed by atoms with Crippen molar-refractivity contribution in [2.45, 2.75) is 33.1 Å². The quantitative estimate of drug-likeness (QED) is 0.763. The van der Waals surface area contributed by atoms with Crippen LogP contribution in [0.3, 0.4) is 0 Å². The van der Waals surface area contributed by atoms with Gasteiger partial charge in [-0.1, -0.05) is 13.0 Å². The van der Waals surface area contributed by atoms with Gasteiger partial charge >= 0.3 is 0 Å². The lowest BCUT2D eigenvalue weighted by molar-refractivity contribution is -0.0503. The Kier molecular flexibility index (Phi) is 2.70. The molecule has 1 fully saturated rings. The molecule has 1 heterocycles. The third-order valence-corrected chi connectivity index (χ3v) is 3.72. The van der Waals surface area contributed by atoms with Gasteiger partial charge < -0.3 is 9.47 Å². The van der Waals surface area contributed by atoms with E-state index in [-0.39, 0.29) is 5.41 Å². The van der Waals surface area contributed by atoms with Gasteiger partial charge in [-0.25, -0.2) is 0 Å². The van der Waals surface area contributed by atoms with E-state index in [1.54, 1.807) is 7.11 Å². The van der Waals surface area contributed by atoms with E-state index in [0.29, 0.717) is 0 Å². The standard InChI is InChI=1S/C14H20O2/c1-9-6-12(14(4)7-16-8-14)10(2)11(3)13(9)15-5/h6H,7-8H2,1-5H3. The molecular weight excluding hydrogens is 200 g/mol. The van der Waals surface area contributed by atoms with Gasteiger partial charge in [-0.05, 0) is 43.0 Å². The van der Waals surface area contributed by atoms with Gasteiger partial charge in [0.15, 0.2) is 0 Å². The van der Waals surface area contributed by atoms with Gasteiger partial charge in [-0.2, -0.15) is 0 Å². The monoisotopic (exact) mass is 220 g/mol. The first-order valence-electron chi connectivity index (χ1n) is 5.72. The van der Waals surface area contributed by atoms with E-state index in [0.717, 1.165) is 19.0 Å². The Hall–Kier alpha value is -1.02. The summed E-state index contributed by atoms with van der Waals surface area (Å²) >= 11 is 0. The highest BCUT2D eigenvalue weighted by Gasteiger charge is 2.37. The van der Waals surface area contributed by atoms with Crippen LogP contribution in [-0.4, -0.2) is 20.3 Å². The van der Waals surface area contributed by atoms with Crippen LogP contribution in [0.15, 0.2) is 6.07 Å². The van der Waals surface area contributed by atoms with Gasteiger partial charge in [0.05, 0.1) is 20.3 Å². The average molecular weight is 220 g/mol. The first-order chi connectivity index (χ1) is 7.49. The first kappa shape index (κ1) is 11.5. The maximum absolute atomic E-state index is 5.44. The van der Waals surface area contributed by atoms with Gasteiger partial charge in [-0.15, -0.1) is 0 Å². The number of rotatable bonds is 2. The Morgan fingerprint density at radius 2 is 1.81 bits per heavy atom. The molecule has 1 saturated heterocycles. The minimum Gasteiger partial charge on any atom is -0.496 e. The van der Waals surface area contributed by atoms with Crippen molar-refractivity contribution in [3.8, 4) is 5.75 Å². The highest BCUT2D eigenvalue weighted by atomic mass is 16.5. The second kappa shape index (κ2) is 3.77. The van der Waals surface area contributed by atoms with Gasteiger partial charge in [-0.3, -0.25) is 0 Å². The Bertz CT molecular complexity index is 417. The Labute approximate surface area is 97.6 Å². The molecule has 1 aliphatic rings. The van der Waals surface area contributed by atoms with E-state index >= 15 is 0 Å². The molecule has 0 radical (unpaired) electrons. The minimum absolute atomic E-state index is 0.200. The van der Waals surface area contributed by atoms with Crippen LogP contribution >= 0.6 is 0 Å². The molecule has 0 N–H and O–H groups in total. The number of ether oxygens (including phenoxy) is 2. The molecule has 1 aliphatic heterocycles. The molecule has 2 heteroatoms. The number of aryl methyl sites for hydroxylation is 1. The Morgan fingerprint density at radius 1 is 1.19 bits per heavy atom. The zero-order valence-corrected chi connectivity index (χ0v) is 10.8. The van der Waals surface area contributed by atoms with Crippen LogP contribution in [0.4, 0.5) is 0 Å². The van der Waals surface area contributed by atoms with Crippen molar-refractivity contribution in [3.63, 3.8) is 0 Å². The lowest BCUT2D eigenvalue weighted by Crippen LogP contribution is -2.44. The van der Waals surface area contributed by atoms with Crippen molar-refractivity contribution < 1.29 is 9.47 Å². The van der Waals surface area contributed by atoms with Crippen molar-refractivity contribution in [2.75, 3.05) is 20.3 Å². The Balaban J connectivity index is 2.56. The third kappa shape index (κ3) is 1.52. The zero-order chi connectivity index (χ0) is 11.9. The molecule has 0 aromatic heterocycles. The van der Waals surface area contributed by atoms with E-state index in [4.69, 9.17) is 9.47 Å². The van der Waals surface area contributed by atoms with Crippen LogP contribution in [0.25, 0.3) is 0 Å². The zero-order valence-electron chi connectivity index (χ0n) is 10.8. The fraction of sp³-hybridized carbons (Fsp3) is 0.571. The predicted molar refractivity (Wildman–Crippen MR) is 65.4 cm³/mol. The molecule has 0 amide bonds. The molecule has 0 spiro atoms. The van der Waals surface area contributed by atoms with Crippen LogP contribution < -0.4 is 4.74 Å². The lowest BCUT2D eigenvalue weighted by Gasteiger charge is -2.40. The second-order valence-corrected chi connectivity index (χ2v) is 5.08. The summed E-state index contributed by atoms with van der Waals surface area (Å²) < 4.78 is 10.8. The smallest absolute Gasteiger partial charge is 0.124 e. The molecule has 0 unspecified atom stereocenters. The summed E-state index contributed by atoms with van der Waals surface area (Å²) in [6, 6.07) is 2.25. The topological polar surface area (TPSA) is 18.5 Å². The van der Waals surface area contributed by atoms with Crippen LogP contribution in [0.2, 0.25) is 0 Å². The molecule has 1 aromatic carbocycles. The molecule has 16 heavy (non-hydrogen) atoms. The normalized spacial score (nSPS) is 18.1. The molecule has 0 saturated carbocycles. The maximum Gasteiger partial charge on any atom is 0.124 e. The first-order valence-corrected chi connectivity index (χ1v) is 5.72. The molecule has 1 aromatic rings. The van der Waals surface area contributed by atoms with Gasteiger partial charge in [0, 0.05) is 5.41 Å². The molecular formula is C14H20O2. The highest BCUT2D eigenvalue weighted by molar-refractivity contribution is 5.51. The summed E-state index contributed by atoms with van der Waals surface area (Å²) in [5, 5.41) is 0. The van der Waals surface area contributed by atoms with Gasteiger partial charge in [0.2, 0.25) is 0 Å². The van der Waals surface area contributed by atoms with Gasteiger partial charge in [0.1, 0.15) is 5.75 Å². The summed E-state index contributed by atoms with van der Waals surface area (Å²) in [4.78, 5) is 0. The molecule has 88 valence electrons. The molecule has 2 rings (SSSR count). The lowest BCUT2D eigenvalue weighted by atomic mass is 9.77. The van der Waals surface area contributed by atoms with E-state index < -0.39 is 0 Å². The van der Waals surface area contributed by atoms with E-state index in [2.05, 4.69) is 33.8 Å². The van der Waals surface area contributed by atoms with Crippen LogP contribution in [0.1, 0.15) is 29.2 Å². The summed E-state index contributed by atoms with van der Waals surface area (Å²) in [6.07, 6.45) is 0. The van der Waals surface area contributed by atoms with Crippen molar-refractivity contribution in [3.05, 3.63) is 28.3 Å². The van der Waals surface area contributed by atoms with Crippen LogP contribution in [-0.2, 0) is 10.2 Å². The molecule has 0 atom stereocenters. The minimum atomic E-state index is 0.200. The predicted octanol–water partition coefficient (Wildman–Crippen LogP) is 2.91. The summed E-state index contributed by atoms with van der Waals surface area (Å²) in [5.41, 5.74) is 5.42. The summed E-state index contributed by atoms with van der Waals surface area (Å²) in [6.45, 7) is 10.4. The van der Waals surface area contributed by atoms with Crippen molar-refractivity contribution >= 4 is 0 Å². The largest absolute Gasteiger partial charge is 0.496 e. The SMILES string of the molecule is COc1c(C)cc(C2(C)COC2)c(C)c1C. The average Bonchev–Trinajstić information content (AvgIpc) is 2.21. The number of methoxy groups -OCH3 is 1. The number of hydrogen-bond acceptors (Lipinski definition) is 2. The van der Waals surface area contributed by atoms with Crippen LogP contribution in [0.5, 0.6) is 5.75 Å². The number of benzene rings is 1. The summed E-state index contributed by atoms with van der Waals surface area (Å²) in [7, 11) is 1.74. The highest BCUT2D eigenvalue weighted by Crippen LogP contribution is 2.38. The fourth-order valence-corrected chi connectivity index (χ4v) is 2.56. The second-order valence-electron chi connectivity index (χ2n) is 5.08. The van der Waals surface area contributed by atoms with E-state index in [1.807, 2.05) is 0 Å². The molecule has 0 bridgehead atoms. The third-order valence-electron chi connectivity index (χ3n) is 3.72. The summed E-state index contributed by atoms with van der Waals surface area (Å²) in [5.74, 6) is 1.02. The Morgan fingerprint density at radius 3 is 2.25 bits per heavy atom. The van der Waals surface area contributed by atoms with Crippen molar-refractivity contribution in [2.24, 2.45) is 0 Å². The van der Waals surface area contributed by atoms with Crippen LogP contribution in [0, 0.1) is 20.8 Å².